The van der Waals surface area contributed by atoms with E-state index in [-0.39, 0.29) is 11.9 Å². The number of halogens is 1. The molecule has 0 aliphatic carbocycles. The number of amides is 1. The third-order valence-electron chi connectivity index (χ3n) is 3.67. The number of H-pyrrole nitrogens is 1. The zero-order chi connectivity index (χ0) is 16.2. The lowest BCUT2D eigenvalue weighted by atomic mass is 10.0. The molecule has 0 saturated carbocycles. The molecule has 116 valence electrons. The van der Waals surface area contributed by atoms with Crippen LogP contribution in [0.25, 0.3) is 0 Å². The smallest absolute Gasteiger partial charge is 0.270 e. The summed E-state index contributed by atoms with van der Waals surface area (Å²) >= 11 is 3.36. The first kappa shape index (κ1) is 15.5. The molecule has 0 radical (unpaired) electrons. The Bertz CT molecular complexity index is 747. The Kier molecular flexibility index (Phi) is 4.57. The molecule has 3 aromatic rings. The highest BCUT2D eigenvalue weighted by Crippen LogP contribution is 2.27. The molecule has 2 aromatic heterocycles. The van der Waals surface area contributed by atoms with Crippen LogP contribution in [0.15, 0.2) is 71.5 Å². The van der Waals surface area contributed by atoms with Crippen molar-refractivity contribution in [1.29, 1.82) is 0 Å². The van der Waals surface area contributed by atoms with Crippen LogP contribution < -0.4 is 0 Å². The first-order valence-corrected chi connectivity index (χ1v) is 8.03. The van der Waals surface area contributed by atoms with Crippen LogP contribution in [0.4, 0.5) is 0 Å². The number of nitrogens with zero attached hydrogens (tertiary/aromatic N) is 2. The van der Waals surface area contributed by atoms with Crippen molar-refractivity contribution in [2.45, 2.75) is 6.04 Å². The second-order valence-corrected chi connectivity index (χ2v) is 6.13. The van der Waals surface area contributed by atoms with Crippen LogP contribution >= 0.6 is 15.9 Å². The molecule has 1 atom stereocenters. The van der Waals surface area contributed by atoms with Gasteiger partial charge in [0.1, 0.15) is 5.69 Å². The highest BCUT2D eigenvalue weighted by molar-refractivity contribution is 9.10. The standard InChI is InChI=1S/C18H16BrN3O/c1-22(18(23)16-11-14(19)12-21-16)17(13-7-3-2-4-8-13)15-9-5-6-10-20-15/h2-12,17,21H,1H3/t17-/m1/s1. The Morgan fingerprint density at radius 2 is 1.91 bits per heavy atom. The van der Waals surface area contributed by atoms with Crippen LogP contribution in [0.5, 0.6) is 0 Å². The fourth-order valence-corrected chi connectivity index (χ4v) is 2.91. The van der Waals surface area contributed by atoms with Gasteiger partial charge >= 0.3 is 0 Å². The van der Waals surface area contributed by atoms with Crippen molar-refractivity contribution in [3.63, 3.8) is 0 Å². The van der Waals surface area contributed by atoms with E-state index in [0.717, 1.165) is 15.7 Å². The maximum Gasteiger partial charge on any atom is 0.270 e. The van der Waals surface area contributed by atoms with Crippen molar-refractivity contribution in [2.24, 2.45) is 0 Å². The van der Waals surface area contributed by atoms with Gasteiger partial charge in [0.25, 0.3) is 5.91 Å². The van der Waals surface area contributed by atoms with Crippen LogP contribution in [0.2, 0.25) is 0 Å². The second-order valence-electron chi connectivity index (χ2n) is 5.22. The largest absolute Gasteiger partial charge is 0.356 e. The van der Waals surface area contributed by atoms with Gasteiger partial charge in [0.05, 0.1) is 11.7 Å². The first-order valence-electron chi connectivity index (χ1n) is 7.24. The number of carbonyl (C=O) groups is 1. The van der Waals surface area contributed by atoms with Gasteiger partial charge in [0.15, 0.2) is 0 Å². The Hall–Kier alpha value is -2.40. The molecule has 1 aromatic carbocycles. The van der Waals surface area contributed by atoms with Gasteiger partial charge in [-0.1, -0.05) is 36.4 Å². The van der Waals surface area contributed by atoms with E-state index in [1.54, 1.807) is 30.4 Å². The van der Waals surface area contributed by atoms with E-state index in [4.69, 9.17) is 0 Å². The molecule has 1 N–H and O–H groups in total. The number of aromatic nitrogens is 2. The van der Waals surface area contributed by atoms with Crippen molar-refractivity contribution in [1.82, 2.24) is 14.9 Å². The minimum Gasteiger partial charge on any atom is -0.356 e. The predicted octanol–water partition coefficient (Wildman–Crippen LogP) is 4.03. The SMILES string of the molecule is CN(C(=O)c1cc(Br)c[nH]1)[C@H](c1ccccc1)c1ccccn1. The molecule has 0 bridgehead atoms. The average molecular weight is 370 g/mol. The summed E-state index contributed by atoms with van der Waals surface area (Å²) in [6, 6.07) is 17.2. The first-order chi connectivity index (χ1) is 11.2. The molecule has 0 fully saturated rings. The van der Waals surface area contributed by atoms with Gasteiger partial charge in [-0.15, -0.1) is 0 Å². The molecule has 0 aliphatic rings. The lowest BCUT2D eigenvalue weighted by Gasteiger charge is -2.28. The summed E-state index contributed by atoms with van der Waals surface area (Å²) in [5.41, 5.74) is 2.39. The normalized spacial score (nSPS) is 11.9. The number of hydrogen-bond acceptors (Lipinski definition) is 2. The molecule has 0 spiro atoms. The van der Waals surface area contributed by atoms with Crippen LogP contribution in [-0.4, -0.2) is 27.8 Å². The monoisotopic (exact) mass is 369 g/mol. The van der Waals surface area contributed by atoms with Gasteiger partial charge in [0.2, 0.25) is 0 Å². The summed E-state index contributed by atoms with van der Waals surface area (Å²) in [6.07, 6.45) is 3.49. The van der Waals surface area contributed by atoms with Gasteiger partial charge in [-0.2, -0.15) is 0 Å². The van der Waals surface area contributed by atoms with Crippen LogP contribution in [0.3, 0.4) is 0 Å². The molecular weight excluding hydrogens is 354 g/mol. The zero-order valence-electron chi connectivity index (χ0n) is 12.6. The predicted molar refractivity (Wildman–Crippen MR) is 93.1 cm³/mol. The minimum atomic E-state index is -0.244. The molecule has 0 unspecified atom stereocenters. The van der Waals surface area contributed by atoms with E-state index in [1.165, 1.54) is 0 Å². The highest BCUT2D eigenvalue weighted by Gasteiger charge is 2.26. The molecule has 3 rings (SSSR count). The molecular formula is C18H16BrN3O. The van der Waals surface area contributed by atoms with Gasteiger partial charge in [0, 0.05) is 23.9 Å². The summed E-state index contributed by atoms with van der Waals surface area (Å²) in [5.74, 6) is -0.0878. The van der Waals surface area contributed by atoms with Crippen molar-refractivity contribution >= 4 is 21.8 Å². The molecule has 23 heavy (non-hydrogen) atoms. The topological polar surface area (TPSA) is 49.0 Å². The minimum absolute atomic E-state index is 0.0878. The summed E-state index contributed by atoms with van der Waals surface area (Å²) in [7, 11) is 1.80. The van der Waals surface area contributed by atoms with Gasteiger partial charge in [-0.25, -0.2) is 0 Å². The summed E-state index contributed by atoms with van der Waals surface area (Å²) in [6.45, 7) is 0. The average Bonchev–Trinajstić information content (AvgIpc) is 3.03. The fourth-order valence-electron chi connectivity index (χ4n) is 2.56. The molecule has 1 amide bonds. The van der Waals surface area contributed by atoms with E-state index in [2.05, 4.69) is 25.9 Å². The lowest BCUT2D eigenvalue weighted by Crippen LogP contribution is -2.32. The lowest BCUT2D eigenvalue weighted by molar-refractivity contribution is 0.0747. The maximum atomic E-state index is 12.8. The quantitative estimate of drug-likeness (QED) is 0.754. The molecule has 2 heterocycles. The van der Waals surface area contributed by atoms with E-state index >= 15 is 0 Å². The van der Waals surface area contributed by atoms with Crippen molar-refractivity contribution < 1.29 is 4.79 Å². The van der Waals surface area contributed by atoms with Gasteiger partial charge in [-0.05, 0) is 39.7 Å². The highest BCUT2D eigenvalue weighted by atomic mass is 79.9. The number of pyridine rings is 1. The number of benzene rings is 1. The van der Waals surface area contributed by atoms with Gasteiger partial charge < -0.3 is 9.88 Å². The number of carbonyl (C=O) groups excluding carboxylic acids is 1. The second kappa shape index (κ2) is 6.79. The number of hydrogen-bond donors (Lipinski definition) is 1. The molecule has 4 nitrogen and oxygen atoms in total. The van der Waals surface area contributed by atoms with Crippen molar-refractivity contribution in [3.8, 4) is 0 Å². The number of aromatic amines is 1. The Morgan fingerprint density at radius 3 is 2.52 bits per heavy atom. The van der Waals surface area contributed by atoms with Crippen molar-refractivity contribution in [3.05, 3.63) is 88.4 Å². The zero-order valence-corrected chi connectivity index (χ0v) is 14.2. The number of nitrogens with one attached hydrogen (secondary N) is 1. The maximum absolute atomic E-state index is 12.8. The summed E-state index contributed by atoms with van der Waals surface area (Å²) in [5, 5.41) is 0. The van der Waals surface area contributed by atoms with Crippen LogP contribution in [0.1, 0.15) is 27.8 Å². The summed E-state index contributed by atoms with van der Waals surface area (Å²) in [4.78, 5) is 21.9. The van der Waals surface area contributed by atoms with Crippen LogP contribution in [-0.2, 0) is 0 Å². The van der Waals surface area contributed by atoms with Crippen molar-refractivity contribution in [2.75, 3.05) is 7.05 Å². The molecule has 0 saturated heterocycles. The van der Waals surface area contributed by atoms with E-state index < -0.39 is 0 Å². The Labute approximate surface area is 143 Å². The molecule has 0 aliphatic heterocycles. The Balaban J connectivity index is 2.00. The molecule has 5 heteroatoms. The Morgan fingerprint density at radius 1 is 1.17 bits per heavy atom. The van der Waals surface area contributed by atoms with E-state index in [9.17, 15) is 4.79 Å². The van der Waals surface area contributed by atoms with Crippen LogP contribution in [0, 0.1) is 0 Å². The van der Waals surface area contributed by atoms with E-state index in [0.29, 0.717) is 5.69 Å². The van der Waals surface area contributed by atoms with Gasteiger partial charge in [-0.3, -0.25) is 9.78 Å². The van der Waals surface area contributed by atoms with E-state index in [1.807, 2.05) is 48.5 Å². The number of rotatable bonds is 4. The third kappa shape index (κ3) is 3.35. The summed E-state index contributed by atoms with van der Waals surface area (Å²) < 4.78 is 0.850. The fraction of sp³-hybridized carbons (Fsp3) is 0.111. The third-order valence-corrected chi connectivity index (χ3v) is 4.13.